The smallest absolute Gasteiger partial charge is 0.206 e. The maximum Gasteiger partial charge on any atom is 0.206 e. The third-order valence-electron chi connectivity index (χ3n) is 4.35. The molecule has 3 rings (SSSR count). The highest BCUT2D eigenvalue weighted by Crippen LogP contribution is 2.30. The average molecular weight is 356 g/mol. The van der Waals surface area contributed by atoms with E-state index in [0.29, 0.717) is 6.54 Å². The van der Waals surface area contributed by atoms with Crippen LogP contribution in [-0.2, 0) is 0 Å². The monoisotopic (exact) mass is 355 g/mol. The molecule has 1 saturated carbocycles. The number of benzene rings is 1. The van der Waals surface area contributed by atoms with Crippen LogP contribution in [-0.4, -0.2) is 24.0 Å². The van der Waals surface area contributed by atoms with E-state index >= 15 is 0 Å². The quantitative estimate of drug-likeness (QED) is 0.557. The predicted molar refractivity (Wildman–Crippen MR) is 105 cm³/mol. The Balaban J connectivity index is 2.11. The van der Waals surface area contributed by atoms with Crippen molar-refractivity contribution >= 4 is 17.0 Å². The van der Waals surface area contributed by atoms with Gasteiger partial charge in [-0.05, 0) is 37.8 Å². The highest BCUT2D eigenvalue weighted by molar-refractivity contribution is 7.07. The zero-order valence-electron chi connectivity index (χ0n) is 14.8. The average Bonchev–Trinajstić information content (AvgIpc) is 2.85. The molecule has 0 saturated heterocycles. The van der Waals surface area contributed by atoms with E-state index in [-0.39, 0.29) is 0 Å². The van der Waals surface area contributed by atoms with Gasteiger partial charge in [0.1, 0.15) is 5.75 Å². The minimum Gasteiger partial charge on any atom is -0.496 e. The predicted octanol–water partition coefficient (Wildman–Crippen LogP) is 4.87. The van der Waals surface area contributed by atoms with Crippen LogP contribution in [0.5, 0.6) is 5.75 Å². The van der Waals surface area contributed by atoms with Gasteiger partial charge in [0.05, 0.1) is 19.3 Å². The lowest BCUT2D eigenvalue weighted by molar-refractivity contribution is 0.416. The Morgan fingerprint density at radius 2 is 1.96 bits per heavy atom. The number of thiazole rings is 1. The largest absolute Gasteiger partial charge is 0.496 e. The minimum absolute atomic E-state index is 0.594. The summed E-state index contributed by atoms with van der Waals surface area (Å²) in [5.74, 6) is 0.852. The zero-order chi connectivity index (χ0) is 17.5. The summed E-state index contributed by atoms with van der Waals surface area (Å²) < 4.78 is 7.54. The van der Waals surface area contributed by atoms with Gasteiger partial charge in [-0.2, -0.15) is 5.10 Å². The van der Waals surface area contributed by atoms with Crippen LogP contribution in [0.3, 0.4) is 0 Å². The molecule has 0 radical (unpaired) electrons. The van der Waals surface area contributed by atoms with Crippen molar-refractivity contribution < 1.29 is 4.74 Å². The summed E-state index contributed by atoms with van der Waals surface area (Å²) in [6.45, 7) is 4.37. The molecule has 0 unspecified atom stereocenters. The van der Waals surface area contributed by atoms with Crippen LogP contribution >= 0.6 is 11.3 Å². The van der Waals surface area contributed by atoms with Crippen molar-refractivity contribution in [1.82, 2.24) is 4.68 Å². The van der Waals surface area contributed by atoms with Gasteiger partial charge in [0.2, 0.25) is 4.80 Å². The van der Waals surface area contributed by atoms with E-state index in [4.69, 9.17) is 9.84 Å². The van der Waals surface area contributed by atoms with Crippen molar-refractivity contribution in [2.75, 3.05) is 13.7 Å². The van der Waals surface area contributed by atoms with Crippen molar-refractivity contribution in [2.45, 2.75) is 38.5 Å². The molecule has 0 amide bonds. The van der Waals surface area contributed by atoms with Gasteiger partial charge in [-0.3, -0.25) is 4.99 Å². The van der Waals surface area contributed by atoms with E-state index in [2.05, 4.69) is 23.0 Å². The van der Waals surface area contributed by atoms with Crippen molar-refractivity contribution in [3.8, 4) is 17.0 Å². The standard InChI is InChI=1S/C20H25N3OS/c1-3-14-21-20-23(22-16-10-6-4-5-7-11-16)18(15-25-20)17-12-8-9-13-19(17)24-2/h3,8-9,12-13,15H,1,4-7,10-11,14H2,2H3. The summed E-state index contributed by atoms with van der Waals surface area (Å²) in [4.78, 5) is 5.53. The van der Waals surface area contributed by atoms with E-state index in [1.165, 1.54) is 31.4 Å². The van der Waals surface area contributed by atoms with Gasteiger partial charge in [-0.25, -0.2) is 4.68 Å². The molecule has 1 aromatic heterocycles. The van der Waals surface area contributed by atoms with Gasteiger partial charge >= 0.3 is 0 Å². The van der Waals surface area contributed by atoms with Crippen LogP contribution in [0.1, 0.15) is 38.5 Å². The molecule has 0 atom stereocenters. The third kappa shape index (κ3) is 4.28. The first-order valence-corrected chi connectivity index (χ1v) is 9.73. The first kappa shape index (κ1) is 17.7. The molecule has 1 aliphatic rings. The fraction of sp³-hybridized carbons (Fsp3) is 0.400. The fourth-order valence-corrected chi connectivity index (χ4v) is 3.90. The number of nitrogens with zero attached hydrogens (tertiary/aromatic N) is 3. The Bertz CT molecular complexity index is 806. The normalized spacial score (nSPS) is 15.7. The summed E-state index contributed by atoms with van der Waals surface area (Å²) in [6, 6.07) is 8.07. The lowest BCUT2D eigenvalue weighted by atomic mass is 10.1. The molecule has 0 spiro atoms. The Kier molecular flexibility index (Phi) is 6.23. The molecule has 1 aromatic carbocycles. The highest BCUT2D eigenvalue weighted by atomic mass is 32.1. The molecule has 1 heterocycles. The number of hydrogen-bond donors (Lipinski definition) is 0. The van der Waals surface area contributed by atoms with Gasteiger partial charge in [-0.15, -0.1) is 17.9 Å². The highest BCUT2D eigenvalue weighted by Gasteiger charge is 2.13. The van der Waals surface area contributed by atoms with Crippen molar-refractivity contribution in [3.05, 3.63) is 47.1 Å². The zero-order valence-corrected chi connectivity index (χ0v) is 15.6. The van der Waals surface area contributed by atoms with E-state index in [1.807, 2.05) is 29.0 Å². The van der Waals surface area contributed by atoms with E-state index < -0.39 is 0 Å². The molecule has 1 aliphatic carbocycles. The van der Waals surface area contributed by atoms with Crippen molar-refractivity contribution in [1.29, 1.82) is 0 Å². The molecule has 5 heteroatoms. The van der Waals surface area contributed by atoms with E-state index in [9.17, 15) is 0 Å². The third-order valence-corrected chi connectivity index (χ3v) is 5.20. The number of methoxy groups -OCH3 is 1. The van der Waals surface area contributed by atoms with Crippen molar-refractivity contribution in [3.63, 3.8) is 0 Å². The number of para-hydroxylation sites is 1. The molecule has 0 N–H and O–H groups in total. The van der Waals surface area contributed by atoms with Crippen molar-refractivity contribution in [2.24, 2.45) is 10.1 Å². The molecular weight excluding hydrogens is 330 g/mol. The summed E-state index contributed by atoms with van der Waals surface area (Å²) in [5.41, 5.74) is 3.34. The van der Waals surface area contributed by atoms with Crippen LogP contribution in [0.2, 0.25) is 0 Å². The second kappa shape index (κ2) is 8.81. The van der Waals surface area contributed by atoms with Gasteiger partial charge in [-0.1, -0.05) is 31.1 Å². The van der Waals surface area contributed by atoms with Gasteiger partial charge < -0.3 is 4.74 Å². The van der Waals surface area contributed by atoms with Crippen LogP contribution in [0.25, 0.3) is 11.3 Å². The number of ether oxygens (including phenoxy) is 1. The maximum atomic E-state index is 5.55. The number of rotatable bonds is 5. The summed E-state index contributed by atoms with van der Waals surface area (Å²) in [6.07, 6.45) is 9.04. The summed E-state index contributed by atoms with van der Waals surface area (Å²) in [5, 5.41) is 7.11. The molecular formula is C20H25N3OS. The van der Waals surface area contributed by atoms with Gasteiger partial charge in [0, 0.05) is 16.7 Å². The molecule has 2 aromatic rings. The first-order chi connectivity index (χ1) is 12.3. The Labute approximate surface area is 153 Å². The molecule has 25 heavy (non-hydrogen) atoms. The molecule has 1 fully saturated rings. The lowest BCUT2D eigenvalue weighted by Gasteiger charge is -2.10. The topological polar surface area (TPSA) is 38.9 Å². The van der Waals surface area contributed by atoms with Crippen LogP contribution in [0.4, 0.5) is 0 Å². The Hall–Kier alpha value is -2.14. The van der Waals surface area contributed by atoms with Gasteiger partial charge in [0.15, 0.2) is 0 Å². The summed E-state index contributed by atoms with van der Waals surface area (Å²) in [7, 11) is 1.70. The van der Waals surface area contributed by atoms with Crippen LogP contribution < -0.4 is 9.54 Å². The summed E-state index contributed by atoms with van der Waals surface area (Å²) >= 11 is 1.61. The van der Waals surface area contributed by atoms with Crippen LogP contribution in [0.15, 0.2) is 52.4 Å². The Morgan fingerprint density at radius 1 is 1.20 bits per heavy atom. The number of hydrogen-bond acceptors (Lipinski definition) is 4. The fourth-order valence-electron chi connectivity index (χ4n) is 3.07. The Morgan fingerprint density at radius 3 is 2.68 bits per heavy atom. The van der Waals surface area contributed by atoms with Crippen LogP contribution in [0, 0.1) is 0 Å². The molecule has 4 nitrogen and oxygen atoms in total. The van der Waals surface area contributed by atoms with Gasteiger partial charge in [0.25, 0.3) is 0 Å². The first-order valence-electron chi connectivity index (χ1n) is 8.85. The maximum absolute atomic E-state index is 5.55. The molecule has 0 aliphatic heterocycles. The molecule has 132 valence electrons. The minimum atomic E-state index is 0.594. The second-order valence-electron chi connectivity index (χ2n) is 6.13. The lowest BCUT2D eigenvalue weighted by Crippen LogP contribution is -2.15. The molecule has 0 bridgehead atoms. The second-order valence-corrected chi connectivity index (χ2v) is 6.96. The SMILES string of the molecule is C=CCN=c1scc(-c2ccccc2OC)n1N=C1CCCCCC1. The van der Waals surface area contributed by atoms with E-state index in [0.717, 1.165) is 34.6 Å². The number of aromatic nitrogens is 1. The van der Waals surface area contributed by atoms with E-state index in [1.54, 1.807) is 18.4 Å².